The lowest BCUT2D eigenvalue weighted by Crippen LogP contribution is -2.12. The van der Waals surface area contributed by atoms with Gasteiger partial charge >= 0.3 is 0 Å². The molecule has 2 rings (SSSR count). The van der Waals surface area contributed by atoms with Crippen LogP contribution in [0.4, 0.5) is 0 Å². The Labute approximate surface area is 131 Å². The second-order valence-corrected chi connectivity index (χ2v) is 6.42. The molecule has 0 saturated carbocycles. The molecule has 1 heterocycles. The summed E-state index contributed by atoms with van der Waals surface area (Å²) >= 11 is 5.27. The van der Waals surface area contributed by atoms with Crippen LogP contribution in [-0.4, -0.2) is 19.2 Å². The highest BCUT2D eigenvalue weighted by Crippen LogP contribution is 2.33. The molecule has 0 amide bonds. The minimum Gasteiger partial charge on any atom is -0.493 e. The molecule has 0 saturated heterocycles. The van der Waals surface area contributed by atoms with Crippen molar-refractivity contribution in [2.24, 2.45) is 0 Å². The Kier molecular flexibility index (Phi) is 5.39. The van der Waals surface area contributed by atoms with Crippen LogP contribution in [0.3, 0.4) is 0 Å². The summed E-state index contributed by atoms with van der Waals surface area (Å²) in [6.07, 6.45) is 1.91. The van der Waals surface area contributed by atoms with Gasteiger partial charge in [0.15, 0.2) is 11.5 Å². The number of hydrogen-bond donors (Lipinski definition) is 1. The number of benzene rings is 1. The molecule has 6 heteroatoms. The van der Waals surface area contributed by atoms with E-state index in [2.05, 4.69) is 26.2 Å². The van der Waals surface area contributed by atoms with E-state index in [9.17, 15) is 0 Å². The predicted octanol–water partition coefficient (Wildman–Crippen LogP) is 3.52. The molecule has 0 atom stereocenters. The standard InChI is InChI=1S/C14H17BrN2O2S/c1-9-17-8-11(20-9)7-16-6-10-4-13(18-2)14(19-3)5-12(10)15/h4-5,8,16H,6-7H2,1-3H3. The number of aryl methyl sites for hydroxylation is 1. The molecule has 0 aliphatic rings. The summed E-state index contributed by atoms with van der Waals surface area (Å²) in [6.45, 7) is 3.57. The zero-order valence-corrected chi connectivity index (χ0v) is 14.1. The molecule has 1 aromatic heterocycles. The van der Waals surface area contributed by atoms with Crippen molar-refractivity contribution in [3.63, 3.8) is 0 Å². The lowest BCUT2D eigenvalue weighted by atomic mass is 10.2. The van der Waals surface area contributed by atoms with Gasteiger partial charge in [0.25, 0.3) is 0 Å². The number of thiazole rings is 1. The average molecular weight is 357 g/mol. The smallest absolute Gasteiger partial charge is 0.161 e. The fraction of sp³-hybridized carbons (Fsp3) is 0.357. The Morgan fingerprint density at radius 3 is 2.50 bits per heavy atom. The quantitative estimate of drug-likeness (QED) is 0.859. The second-order valence-electron chi connectivity index (χ2n) is 4.25. The Morgan fingerprint density at radius 1 is 1.20 bits per heavy atom. The molecule has 0 aliphatic heterocycles. The summed E-state index contributed by atoms with van der Waals surface area (Å²) in [6, 6.07) is 3.90. The van der Waals surface area contributed by atoms with Gasteiger partial charge in [-0.15, -0.1) is 11.3 Å². The zero-order valence-electron chi connectivity index (χ0n) is 11.7. The van der Waals surface area contributed by atoms with Crippen molar-refractivity contribution in [1.29, 1.82) is 0 Å². The van der Waals surface area contributed by atoms with Gasteiger partial charge in [0, 0.05) is 28.6 Å². The molecule has 0 bridgehead atoms. The number of nitrogens with one attached hydrogen (secondary N) is 1. The molecular formula is C14H17BrN2O2S. The van der Waals surface area contributed by atoms with Crippen LogP contribution in [-0.2, 0) is 13.1 Å². The average Bonchev–Trinajstić information content (AvgIpc) is 2.85. The van der Waals surface area contributed by atoms with Crippen molar-refractivity contribution in [1.82, 2.24) is 10.3 Å². The van der Waals surface area contributed by atoms with E-state index in [0.29, 0.717) is 0 Å². The number of hydrogen-bond acceptors (Lipinski definition) is 5. The minimum absolute atomic E-state index is 0.723. The molecule has 108 valence electrons. The Bertz CT molecular complexity index is 587. The van der Waals surface area contributed by atoms with Crippen LogP contribution < -0.4 is 14.8 Å². The fourth-order valence-electron chi connectivity index (χ4n) is 1.84. The first-order chi connectivity index (χ1) is 9.63. The second kappa shape index (κ2) is 7.06. The van der Waals surface area contributed by atoms with Gasteiger partial charge in [-0.05, 0) is 24.6 Å². The van der Waals surface area contributed by atoms with E-state index in [0.717, 1.165) is 39.6 Å². The number of nitrogens with zero attached hydrogens (tertiary/aromatic N) is 1. The first-order valence-electron chi connectivity index (χ1n) is 6.16. The first kappa shape index (κ1) is 15.3. The maximum absolute atomic E-state index is 5.32. The van der Waals surface area contributed by atoms with Crippen molar-refractivity contribution < 1.29 is 9.47 Å². The van der Waals surface area contributed by atoms with Crippen molar-refractivity contribution in [3.05, 3.63) is 38.3 Å². The SMILES string of the molecule is COc1cc(Br)c(CNCc2cnc(C)s2)cc1OC. The predicted molar refractivity (Wildman–Crippen MR) is 84.6 cm³/mol. The number of halogens is 1. The highest BCUT2D eigenvalue weighted by Gasteiger charge is 2.09. The normalized spacial score (nSPS) is 10.6. The molecule has 0 unspecified atom stereocenters. The van der Waals surface area contributed by atoms with E-state index in [1.807, 2.05) is 25.3 Å². The van der Waals surface area contributed by atoms with Gasteiger partial charge in [-0.2, -0.15) is 0 Å². The molecule has 0 spiro atoms. The van der Waals surface area contributed by atoms with Crippen molar-refractivity contribution in [3.8, 4) is 11.5 Å². The molecule has 0 radical (unpaired) electrons. The molecule has 1 N–H and O–H groups in total. The first-order valence-corrected chi connectivity index (χ1v) is 7.77. The van der Waals surface area contributed by atoms with E-state index >= 15 is 0 Å². The van der Waals surface area contributed by atoms with Crippen LogP contribution in [0.5, 0.6) is 11.5 Å². The van der Waals surface area contributed by atoms with Crippen LogP contribution in [0.25, 0.3) is 0 Å². The third-order valence-electron chi connectivity index (χ3n) is 2.84. The molecule has 1 aromatic carbocycles. The molecule has 4 nitrogen and oxygen atoms in total. The number of methoxy groups -OCH3 is 2. The van der Waals surface area contributed by atoms with Gasteiger partial charge in [-0.1, -0.05) is 15.9 Å². The van der Waals surface area contributed by atoms with E-state index in [1.54, 1.807) is 25.6 Å². The summed E-state index contributed by atoms with van der Waals surface area (Å²) in [7, 11) is 3.28. The Balaban J connectivity index is 2.02. The van der Waals surface area contributed by atoms with Crippen LogP contribution in [0, 0.1) is 6.92 Å². The molecular weight excluding hydrogens is 340 g/mol. The van der Waals surface area contributed by atoms with Crippen LogP contribution in [0.1, 0.15) is 15.4 Å². The number of aromatic nitrogens is 1. The summed E-state index contributed by atoms with van der Waals surface area (Å²) in [5, 5.41) is 4.50. The zero-order chi connectivity index (χ0) is 14.5. The van der Waals surface area contributed by atoms with Gasteiger partial charge in [0.1, 0.15) is 0 Å². The molecule has 2 aromatic rings. The maximum atomic E-state index is 5.32. The van der Waals surface area contributed by atoms with Gasteiger partial charge < -0.3 is 14.8 Å². The Morgan fingerprint density at radius 2 is 1.90 bits per heavy atom. The number of ether oxygens (including phenoxy) is 2. The van der Waals surface area contributed by atoms with Crippen LogP contribution >= 0.6 is 27.3 Å². The molecule has 0 aliphatic carbocycles. The summed E-state index contributed by atoms with van der Waals surface area (Å²) < 4.78 is 11.6. The van der Waals surface area contributed by atoms with Crippen molar-refractivity contribution in [2.45, 2.75) is 20.0 Å². The third kappa shape index (κ3) is 3.71. The van der Waals surface area contributed by atoms with E-state index in [4.69, 9.17) is 9.47 Å². The fourth-order valence-corrected chi connectivity index (χ4v) is 3.07. The van der Waals surface area contributed by atoms with Crippen molar-refractivity contribution in [2.75, 3.05) is 14.2 Å². The highest BCUT2D eigenvalue weighted by molar-refractivity contribution is 9.10. The number of rotatable bonds is 6. The summed E-state index contributed by atoms with van der Waals surface area (Å²) in [5.74, 6) is 1.46. The van der Waals surface area contributed by atoms with E-state index in [1.165, 1.54) is 4.88 Å². The lowest BCUT2D eigenvalue weighted by Gasteiger charge is -2.12. The molecule has 0 fully saturated rings. The van der Waals surface area contributed by atoms with Crippen LogP contribution in [0.2, 0.25) is 0 Å². The topological polar surface area (TPSA) is 43.4 Å². The maximum Gasteiger partial charge on any atom is 0.161 e. The lowest BCUT2D eigenvalue weighted by molar-refractivity contribution is 0.354. The monoisotopic (exact) mass is 356 g/mol. The highest BCUT2D eigenvalue weighted by atomic mass is 79.9. The van der Waals surface area contributed by atoms with Gasteiger partial charge in [-0.25, -0.2) is 4.98 Å². The van der Waals surface area contributed by atoms with Gasteiger partial charge in [0.2, 0.25) is 0 Å². The minimum atomic E-state index is 0.723. The molecule has 20 heavy (non-hydrogen) atoms. The van der Waals surface area contributed by atoms with Gasteiger partial charge in [0.05, 0.1) is 19.2 Å². The van der Waals surface area contributed by atoms with E-state index < -0.39 is 0 Å². The largest absolute Gasteiger partial charge is 0.493 e. The summed E-state index contributed by atoms with van der Waals surface area (Å²) in [4.78, 5) is 5.48. The van der Waals surface area contributed by atoms with E-state index in [-0.39, 0.29) is 0 Å². The van der Waals surface area contributed by atoms with Gasteiger partial charge in [-0.3, -0.25) is 0 Å². The van der Waals surface area contributed by atoms with Crippen LogP contribution in [0.15, 0.2) is 22.8 Å². The third-order valence-corrected chi connectivity index (χ3v) is 4.49. The summed E-state index contributed by atoms with van der Waals surface area (Å²) in [5.41, 5.74) is 1.13. The van der Waals surface area contributed by atoms with Crippen molar-refractivity contribution >= 4 is 27.3 Å². The Hall–Kier alpha value is -1.11.